The Labute approximate surface area is 136 Å². The Morgan fingerprint density at radius 2 is 2.00 bits per heavy atom. The summed E-state index contributed by atoms with van der Waals surface area (Å²) in [5, 5.41) is 4.32. The number of hydrogen-bond donors (Lipinski definition) is 2. The molecule has 2 atom stereocenters. The summed E-state index contributed by atoms with van der Waals surface area (Å²) in [5.41, 5.74) is 7.69. The third-order valence-corrected chi connectivity index (χ3v) is 5.40. The number of nitrogens with two attached hydrogens (primary N) is 1. The normalized spacial score (nSPS) is 29.1. The largest absolute Gasteiger partial charge is 0.389 e. The van der Waals surface area contributed by atoms with Crippen LogP contribution in [-0.4, -0.2) is 35.1 Å². The molecule has 2 saturated heterocycles. The van der Waals surface area contributed by atoms with Gasteiger partial charge >= 0.3 is 0 Å². The second-order valence-electron chi connectivity index (χ2n) is 6.27. The summed E-state index contributed by atoms with van der Waals surface area (Å²) < 4.78 is 0. The van der Waals surface area contributed by atoms with E-state index in [1.807, 2.05) is 18.2 Å². The first-order valence-electron chi connectivity index (χ1n) is 7.62. The van der Waals surface area contributed by atoms with Crippen LogP contribution in [0.3, 0.4) is 0 Å². The van der Waals surface area contributed by atoms with Gasteiger partial charge in [0.25, 0.3) is 0 Å². The molecule has 3 nitrogen and oxygen atoms in total. The summed E-state index contributed by atoms with van der Waals surface area (Å²) in [6.45, 7) is 0. The van der Waals surface area contributed by atoms with E-state index < -0.39 is 0 Å². The van der Waals surface area contributed by atoms with Gasteiger partial charge < -0.3 is 16.0 Å². The molecule has 1 aromatic rings. The molecule has 0 spiro atoms. The summed E-state index contributed by atoms with van der Waals surface area (Å²) in [5.74, 6) is 0. The van der Waals surface area contributed by atoms with E-state index >= 15 is 0 Å². The first kappa shape index (κ1) is 15.1. The first-order valence-corrected chi connectivity index (χ1v) is 8.41. The molecule has 2 unspecified atom stereocenters. The van der Waals surface area contributed by atoms with Crippen LogP contribution in [0, 0.1) is 0 Å². The fraction of sp³-hybridized carbons (Fsp3) is 0.562. The number of anilines is 1. The van der Waals surface area contributed by atoms with Crippen LogP contribution >= 0.6 is 23.8 Å². The molecule has 5 heteroatoms. The Morgan fingerprint density at radius 1 is 1.33 bits per heavy atom. The SMILES string of the molecule is CN1C2CCCC1CC(Nc1ccc(Cl)cc1C(N)=S)C2. The predicted octanol–water partition coefficient (Wildman–Crippen LogP) is 3.40. The van der Waals surface area contributed by atoms with Crippen LogP contribution in [-0.2, 0) is 0 Å². The van der Waals surface area contributed by atoms with Gasteiger partial charge in [-0.15, -0.1) is 0 Å². The fourth-order valence-electron chi connectivity index (χ4n) is 3.80. The summed E-state index contributed by atoms with van der Waals surface area (Å²) in [7, 11) is 2.27. The number of piperidine rings is 2. The highest BCUT2D eigenvalue weighted by atomic mass is 35.5. The quantitative estimate of drug-likeness (QED) is 0.837. The molecule has 3 N–H and O–H groups in total. The summed E-state index contributed by atoms with van der Waals surface area (Å²) >= 11 is 11.2. The lowest BCUT2D eigenvalue weighted by atomic mass is 9.82. The van der Waals surface area contributed by atoms with Crippen LogP contribution in [0.1, 0.15) is 37.7 Å². The van der Waals surface area contributed by atoms with Gasteiger partial charge in [-0.25, -0.2) is 0 Å². The van der Waals surface area contributed by atoms with Crippen LogP contribution < -0.4 is 11.1 Å². The summed E-state index contributed by atoms with van der Waals surface area (Å²) in [6.07, 6.45) is 6.37. The lowest BCUT2D eigenvalue weighted by molar-refractivity contribution is 0.0608. The molecule has 2 aliphatic heterocycles. The number of nitrogens with zero attached hydrogens (tertiary/aromatic N) is 1. The van der Waals surface area contributed by atoms with Gasteiger partial charge in [0.1, 0.15) is 4.99 Å². The van der Waals surface area contributed by atoms with E-state index in [0.29, 0.717) is 28.1 Å². The monoisotopic (exact) mass is 323 g/mol. The van der Waals surface area contributed by atoms with Crippen molar-refractivity contribution in [2.45, 2.75) is 50.2 Å². The van der Waals surface area contributed by atoms with Crippen molar-refractivity contribution >= 4 is 34.5 Å². The molecule has 0 radical (unpaired) electrons. The predicted molar refractivity (Wildman–Crippen MR) is 93.2 cm³/mol. The van der Waals surface area contributed by atoms with E-state index in [9.17, 15) is 0 Å². The van der Waals surface area contributed by atoms with Crippen molar-refractivity contribution in [1.29, 1.82) is 0 Å². The minimum Gasteiger partial charge on any atom is -0.389 e. The number of halogens is 1. The third kappa shape index (κ3) is 3.17. The molecule has 21 heavy (non-hydrogen) atoms. The molecule has 114 valence electrons. The molecule has 1 aromatic carbocycles. The van der Waals surface area contributed by atoms with E-state index in [4.69, 9.17) is 29.6 Å². The molecule has 2 aliphatic rings. The van der Waals surface area contributed by atoms with Crippen LogP contribution in [0.4, 0.5) is 5.69 Å². The fourth-order valence-corrected chi connectivity index (χ4v) is 4.14. The van der Waals surface area contributed by atoms with Gasteiger partial charge in [0.05, 0.1) is 0 Å². The van der Waals surface area contributed by atoms with Gasteiger partial charge in [0.15, 0.2) is 0 Å². The maximum atomic E-state index is 6.05. The Balaban J connectivity index is 1.77. The number of fused-ring (bicyclic) bond motifs is 2. The highest BCUT2D eigenvalue weighted by Crippen LogP contribution is 2.34. The van der Waals surface area contributed by atoms with Crippen LogP contribution in [0.15, 0.2) is 18.2 Å². The molecule has 0 amide bonds. The van der Waals surface area contributed by atoms with Gasteiger partial charge in [0.2, 0.25) is 0 Å². The van der Waals surface area contributed by atoms with E-state index in [1.54, 1.807) is 0 Å². The maximum absolute atomic E-state index is 6.05. The third-order valence-electron chi connectivity index (χ3n) is 4.95. The van der Waals surface area contributed by atoms with Crippen molar-refractivity contribution in [2.24, 2.45) is 5.73 Å². The highest BCUT2D eigenvalue weighted by molar-refractivity contribution is 7.80. The minimum absolute atomic E-state index is 0.396. The second kappa shape index (κ2) is 6.11. The molecule has 2 fully saturated rings. The minimum atomic E-state index is 0.396. The smallest absolute Gasteiger partial charge is 0.106 e. The van der Waals surface area contributed by atoms with Gasteiger partial charge in [-0.3, -0.25) is 0 Å². The number of hydrogen-bond acceptors (Lipinski definition) is 3. The van der Waals surface area contributed by atoms with Crippen LogP contribution in [0.5, 0.6) is 0 Å². The first-order chi connectivity index (χ1) is 10.0. The van der Waals surface area contributed by atoms with E-state index in [1.165, 1.54) is 32.1 Å². The van der Waals surface area contributed by atoms with Crippen molar-refractivity contribution in [3.05, 3.63) is 28.8 Å². The van der Waals surface area contributed by atoms with E-state index in [0.717, 1.165) is 11.3 Å². The summed E-state index contributed by atoms with van der Waals surface area (Å²) in [6, 6.07) is 7.63. The van der Waals surface area contributed by atoms with Crippen molar-refractivity contribution < 1.29 is 0 Å². The van der Waals surface area contributed by atoms with Crippen molar-refractivity contribution in [2.75, 3.05) is 12.4 Å². The average Bonchev–Trinajstić information content (AvgIpc) is 2.41. The molecule has 3 rings (SSSR count). The molecule has 0 aromatic heterocycles. The number of rotatable bonds is 3. The van der Waals surface area contributed by atoms with Crippen molar-refractivity contribution in [3.8, 4) is 0 Å². The topological polar surface area (TPSA) is 41.3 Å². The van der Waals surface area contributed by atoms with Crippen molar-refractivity contribution in [1.82, 2.24) is 4.90 Å². The van der Waals surface area contributed by atoms with Gasteiger partial charge in [-0.05, 0) is 50.9 Å². The number of thiocarbonyl (C=S) groups is 1. The van der Waals surface area contributed by atoms with E-state index in [-0.39, 0.29) is 0 Å². The molecule has 2 heterocycles. The van der Waals surface area contributed by atoms with Crippen molar-refractivity contribution in [3.63, 3.8) is 0 Å². The molecule has 0 aliphatic carbocycles. The zero-order valence-electron chi connectivity index (χ0n) is 12.3. The molecule has 2 bridgehead atoms. The lowest BCUT2D eigenvalue weighted by Crippen LogP contribution is -2.52. The Kier molecular flexibility index (Phi) is 4.38. The lowest BCUT2D eigenvalue weighted by Gasteiger charge is -2.47. The van der Waals surface area contributed by atoms with Gasteiger partial charge in [0, 0.05) is 34.4 Å². The second-order valence-corrected chi connectivity index (χ2v) is 7.15. The zero-order valence-corrected chi connectivity index (χ0v) is 13.9. The van der Waals surface area contributed by atoms with E-state index in [2.05, 4.69) is 17.3 Å². The molecule has 0 saturated carbocycles. The Bertz CT molecular complexity index is 534. The maximum Gasteiger partial charge on any atom is 0.106 e. The Hall–Kier alpha value is -0.840. The molecular weight excluding hydrogens is 302 g/mol. The Morgan fingerprint density at radius 3 is 2.62 bits per heavy atom. The van der Waals surface area contributed by atoms with Crippen LogP contribution in [0.25, 0.3) is 0 Å². The highest BCUT2D eigenvalue weighted by Gasteiger charge is 2.36. The number of nitrogens with one attached hydrogen (secondary N) is 1. The van der Waals surface area contributed by atoms with Gasteiger partial charge in [-0.1, -0.05) is 30.2 Å². The number of benzene rings is 1. The standard InChI is InChI=1S/C16H22ClN3S/c1-20-12-3-2-4-13(20)9-11(8-12)19-15-6-5-10(17)7-14(15)16(18)21/h5-7,11-13,19H,2-4,8-9H2,1H3,(H2,18,21). The van der Waals surface area contributed by atoms with Crippen LogP contribution in [0.2, 0.25) is 5.02 Å². The molecular formula is C16H22ClN3S. The average molecular weight is 324 g/mol. The summed E-state index contributed by atoms with van der Waals surface area (Å²) in [4.78, 5) is 2.96. The van der Waals surface area contributed by atoms with Gasteiger partial charge in [-0.2, -0.15) is 0 Å². The zero-order chi connectivity index (χ0) is 15.0.